The lowest BCUT2D eigenvalue weighted by atomic mass is 10.0. The molecule has 2 aromatic carbocycles. The highest BCUT2D eigenvalue weighted by Crippen LogP contribution is 2.19. The minimum atomic E-state index is -0.815. The first-order valence-electron chi connectivity index (χ1n) is 7.73. The van der Waals surface area contributed by atoms with Crippen molar-refractivity contribution in [3.63, 3.8) is 0 Å². The molecule has 0 radical (unpaired) electrons. The van der Waals surface area contributed by atoms with Crippen LogP contribution in [0.1, 0.15) is 15.9 Å². The largest absolute Gasteiger partial charge is 0.368 e. The molecule has 0 aliphatic carbocycles. The summed E-state index contributed by atoms with van der Waals surface area (Å²) in [6.45, 7) is 0. The van der Waals surface area contributed by atoms with Crippen molar-refractivity contribution in [3.8, 4) is 0 Å². The molecule has 1 atom stereocenters. The Bertz CT molecular complexity index is 937. The first kappa shape index (κ1) is 17.1. The summed E-state index contributed by atoms with van der Waals surface area (Å²) in [7, 11) is 0. The van der Waals surface area contributed by atoms with Crippen LogP contribution in [-0.4, -0.2) is 22.8 Å². The Balaban J connectivity index is 1.86. The molecule has 0 saturated heterocycles. The fraction of sp³-hybridized carbons (Fsp3) is 0.105. The zero-order chi connectivity index (χ0) is 17.8. The number of primary amides is 1. The minimum absolute atomic E-state index is 0.306. The zero-order valence-corrected chi connectivity index (χ0v) is 14.9. The average Bonchev–Trinajstić information content (AvgIpc) is 2.62. The lowest BCUT2D eigenvalue weighted by molar-refractivity contribution is -0.119. The summed E-state index contributed by atoms with van der Waals surface area (Å²) >= 11 is 3.44. The molecule has 0 aliphatic rings. The van der Waals surface area contributed by atoms with Crippen LogP contribution in [0.2, 0.25) is 0 Å². The van der Waals surface area contributed by atoms with Crippen LogP contribution in [0.3, 0.4) is 0 Å². The van der Waals surface area contributed by atoms with E-state index >= 15 is 0 Å². The van der Waals surface area contributed by atoms with Gasteiger partial charge in [0.25, 0.3) is 5.91 Å². The van der Waals surface area contributed by atoms with Gasteiger partial charge in [-0.25, -0.2) is 0 Å². The summed E-state index contributed by atoms with van der Waals surface area (Å²) < 4.78 is 0.863. The van der Waals surface area contributed by atoms with Gasteiger partial charge in [0, 0.05) is 22.5 Å². The fourth-order valence-corrected chi connectivity index (χ4v) is 3.08. The third-order valence-corrected chi connectivity index (χ3v) is 4.68. The fourth-order valence-electron chi connectivity index (χ4n) is 2.63. The highest BCUT2D eigenvalue weighted by molar-refractivity contribution is 9.10. The van der Waals surface area contributed by atoms with Crippen molar-refractivity contribution in [2.45, 2.75) is 12.5 Å². The Morgan fingerprint density at radius 1 is 1.08 bits per heavy atom. The number of rotatable bonds is 5. The van der Waals surface area contributed by atoms with Gasteiger partial charge in [0.1, 0.15) is 6.04 Å². The summed E-state index contributed by atoms with van der Waals surface area (Å²) in [4.78, 5) is 28.8. The number of hydrogen-bond acceptors (Lipinski definition) is 3. The van der Waals surface area contributed by atoms with Crippen LogP contribution in [0, 0.1) is 0 Å². The van der Waals surface area contributed by atoms with Gasteiger partial charge >= 0.3 is 0 Å². The van der Waals surface area contributed by atoms with E-state index in [0.717, 1.165) is 15.4 Å². The van der Waals surface area contributed by atoms with Gasteiger partial charge in [-0.15, -0.1) is 0 Å². The molecule has 1 heterocycles. The van der Waals surface area contributed by atoms with E-state index in [-0.39, 0.29) is 5.91 Å². The molecule has 2 amide bonds. The predicted octanol–water partition coefficient (Wildman–Crippen LogP) is 2.82. The van der Waals surface area contributed by atoms with E-state index in [1.165, 1.54) is 0 Å². The third-order valence-electron chi connectivity index (χ3n) is 3.91. The van der Waals surface area contributed by atoms with Crippen molar-refractivity contribution < 1.29 is 9.59 Å². The van der Waals surface area contributed by atoms with Gasteiger partial charge in [-0.05, 0) is 23.8 Å². The van der Waals surface area contributed by atoms with Crippen molar-refractivity contribution in [2.24, 2.45) is 5.73 Å². The second-order valence-corrected chi connectivity index (χ2v) is 6.46. The minimum Gasteiger partial charge on any atom is -0.368 e. The SMILES string of the molecule is NC(=O)[C@@H](Cc1ccccc1Br)NC(=O)c1cccc2cccnc12. The number of hydrogen-bond donors (Lipinski definition) is 2. The van der Waals surface area contributed by atoms with Crippen molar-refractivity contribution in [2.75, 3.05) is 0 Å². The maximum Gasteiger partial charge on any atom is 0.254 e. The molecule has 0 bridgehead atoms. The predicted molar refractivity (Wildman–Crippen MR) is 100 cm³/mol. The summed E-state index contributed by atoms with van der Waals surface area (Å²) in [5, 5.41) is 3.58. The number of carbonyl (C=O) groups is 2. The quantitative estimate of drug-likeness (QED) is 0.693. The Hall–Kier alpha value is -2.73. The number of nitrogens with zero attached hydrogens (tertiary/aromatic N) is 1. The standard InChI is InChI=1S/C19H16BrN3O2/c20-15-9-2-1-5-13(15)11-16(18(21)24)23-19(25)14-8-3-6-12-7-4-10-22-17(12)14/h1-10,16H,11H2,(H2,21,24)(H,23,25)/t16-/m1/s1. The van der Waals surface area contributed by atoms with E-state index in [4.69, 9.17) is 5.73 Å². The number of para-hydroxylation sites is 1. The number of nitrogens with one attached hydrogen (secondary N) is 1. The molecule has 1 aromatic heterocycles. The number of fused-ring (bicyclic) bond motifs is 1. The summed E-state index contributed by atoms with van der Waals surface area (Å²) in [6.07, 6.45) is 1.94. The van der Waals surface area contributed by atoms with Crippen LogP contribution in [0.15, 0.2) is 65.3 Å². The normalized spacial score (nSPS) is 11.9. The monoisotopic (exact) mass is 397 g/mol. The maximum atomic E-state index is 12.7. The molecule has 0 aliphatic heterocycles. The van der Waals surface area contributed by atoms with Gasteiger partial charge in [-0.1, -0.05) is 52.3 Å². The van der Waals surface area contributed by atoms with E-state index in [0.29, 0.717) is 17.5 Å². The molecule has 5 nitrogen and oxygen atoms in total. The molecule has 3 N–H and O–H groups in total. The highest BCUT2D eigenvalue weighted by Gasteiger charge is 2.21. The second-order valence-electron chi connectivity index (χ2n) is 5.60. The lowest BCUT2D eigenvalue weighted by Gasteiger charge is -2.17. The third kappa shape index (κ3) is 3.85. The molecule has 126 valence electrons. The Labute approximate surface area is 153 Å². The number of aromatic nitrogens is 1. The average molecular weight is 398 g/mol. The lowest BCUT2D eigenvalue weighted by Crippen LogP contribution is -2.46. The number of pyridine rings is 1. The number of amides is 2. The number of carbonyl (C=O) groups excluding carboxylic acids is 2. The second kappa shape index (κ2) is 7.44. The number of halogens is 1. The molecular weight excluding hydrogens is 382 g/mol. The highest BCUT2D eigenvalue weighted by atomic mass is 79.9. The van der Waals surface area contributed by atoms with Crippen LogP contribution < -0.4 is 11.1 Å². The first-order valence-corrected chi connectivity index (χ1v) is 8.53. The summed E-state index contributed by atoms with van der Waals surface area (Å²) in [6, 6.07) is 15.7. The van der Waals surface area contributed by atoms with Crippen molar-refractivity contribution in [3.05, 3.63) is 76.4 Å². The Morgan fingerprint density at radius 2 is 1.84 bits per heavy atom. The van der Waals surface area contributed by atoms with Gasteiger partial charge < -0.3 is 11.1 Å². The summed E-state index contributed by atoms with van der Waals surface area (Å²) in [5.41, 5.74) is 7.38. The molecule has 3 aromatic rings. The van der Waals surface area contributed by atoms with E-state index in [1.54, 1.807) is 18.3 Å². The topological polar surface area (TPSA) is 85.1 Å². The molecule has 0 fully saturated rings. The van der Waals surface area contributed by atoms with Gasteiger partial charge in [-0.3, -0.25) is 14.6 Å². The number of benzene rings is 2. The van der Waals surface area contributed by atoms with Crippen molar-refractivity contribution in [1.82, 2.24) is 10.3 Å². The zero-order valence-electron chi connectivity index (χ0n) is 13.3. The molecule has 25 heavy (non-hydrogen) atoms. The van der Waals surface area contributed by atoms with Gasteiger partial charge in [0.05, 0.1) is 11.1 Å². The van der Waals surface area contributed by atoms with Crippen LogP contribution in [0.4, 0.5) is 0 Å². The van der Waals surface area contributed by atoms with E-state index in [1.807, 2.05) is 42.5 Å². The van der Waals surface area contributed by atoms with Gasteiger partial charge in [0.15, 0.2) is 0 Å². The summed E-state index contributed by atoms with van der Waals surface area (Å²) in [5.74, 6) is -0.961. The smallest absolute Gasteiger partial charge is 0.254 e. The Morgan fingerprint density at radius 3 is 2.60 bits per heavy atom. The molecular formula is C19H16BrN3O2. The number of nitrogens with two attached hydrogens (primary N) is 1. The Kier molecular flexibility index (Phi) is 5.09. The first-order chi connectivity index (χ1) is 12.1. The van der Waals surface area contributed by atoms with E-state index in [9.17, 15) is 9.59 Å². The molecule has 0 spiro atoms. The van der Waals surface area contributed by atoms with Gasteiger partial charge in [0.2, 0.25) is 5.91 Å². The molecule has 0 saturated carbocycles. The van der Waals surface area contributed by atoms with Crippen LogP contribution in [-0.2, 0) is 11.2 Å². The van der Waals surface area contributed by atoms with Crippen molar-refractivity contribution >= 4 is 38.6 Å². The van der Waals surface area contributed by atoms with Crippen LogP contribution in [0.5, 0.6) is 0 Å². The van der Waals surface area contributed by atoms with Crippen molar-refractivity contribution in [1.29, 1.82) is 0 Å². The molecule has 3 rings (SSSR count). The van der Waals surface area contributed by atoms with Gasteiger partial charge in [-0.2, -0.15) is 0 Å². The van der Waals surface area contributed by atoms with E-state index in [2.05, 4.69) is 26.2 Å². The van der Waals surface area contributed by atoms with Crippen LogP contribution in [0.25, 0.3) is 10.9 Å². The van der Waals surface area contributed by atoms with Crippen LogP contribution >= 0.6 is 15.9 Å². The van der Waals surface area contributed by atoms with E-state index < -0.39 is 11.9 Å². The maximum absolute atomic E-state index is 12.7. The molecule has 6 heteroatoms. The molecule has 0 unspecified atom stereocenters.